The molecule has 120 valence electrons. The number of hydrogen-bond acceptors (Lipinski definition) is 3. The number of para-hydroxylation sites is 1. The molecule has 6 heteroatoms. The summed E-state index contributed by atoms with van der Waals surface area (Å²) in [5, 5.41) is 5.23. The Kier molecular flexibility index (Phi) is 5.76. The highest BCUT2D eigenvalue weighted by Crippen LogP contribution is 2.21. The number of hydrogen-bond donors (Lipinski definition) is 2. The molecule has 0 radical (unpaired) electrons. The lowest BCUT2D eigenvalue weighted by Gasteiger charge is -2.15. The Morgan fingerprint density at radius 2 is 1.70 bits per heavy atom. The summed E-state index contributed by atoms with van der Waals surface area (Å²) in [5.74, 6) is -0.666. The van der Waals surface area contributed by atoms with Gasteiger partial charge in [0.15, 0.2) is 0 Å². The Balaban J connectivity index is 1.97. The molecule has 0 fully saturated rings. The van der Waals surface area contributed by atoms with Crippen LogP contribution in [0.1, 0.15) is 18.5 Å². The SMILES string of the molecule is COc1ccc(C(C)NC(=O)C(=O)Nc2ccccc2Br)cc1. The highest BCUT2D eigenvalue weighted by atomic mass is 79.9. The molecule has 2 aromatic carbocycles. The molecule has 0 aromatic heterocycles. The number of amides is 2. The lowest BCUT2D eigenvalue weighted by atomic mass is 10.1. The van der Waals surface area contributed by atoms with E-state index in [9.17, 15) is 9.59 Å². The first-order chi connectivity index (χ1) is 11.0. The van der Waals surface area contributed by atoms with Gasteiger partial charge in [-0.3, -0.25) is 9.59 Å². The Hall–Kier alpha value is -2.34. The fourth-order valence-corrected chi connectivity index (χ4v) is 2.36. The van der Waals surface area contributed by atoms with Crippen LogP contribution in [-0.4, -0.2) is 18.9 Å². The zero-order chi connectivity index (χ0) is 16.8. The highest BCUT2D eigenvalue weighted by Gasteiger charge is 2.18. The van der Waals surface area contributed by atoms with Crippen LogP contribution in [0.25, 0.3) is 0 Å². The van der Waals surface area contributed by atoms with Gasteiger partial charge in [-0.2, -0.15) is 0 Å². The van der Waals surface area contributed by atoms with E-state index in [2.05, 4.69) is 26.6 Å². The zero-order valence-corrected chi connectivity index (χ0v) is 14.4. The topological polar surface area (TPSA) is 67.4 Å². The van der Waals surface area contributed by atoms with Crippen molar-refractivity contribution in [3.63, 3.8) is 0 Å². The summed E-state index contributed by atoms with van der Waals surface area (Å²) in [6.45, 7) is 1.81. The number of methoxy groups -OCH3 is 1. The van der Waals surface area contributed by atoms with Crippen molar-refractivity contribution in [2.45, 2.75) is 13.0 Å². The summed E-state index contributed by atoms with van der Waals surface area (Å²) in [6.07, 6.45) is 0. The van der Waals surface area contributed by atoms with Crippen LogP contribution in [0.4, 0.5) is 5.69 Å². The van der Waals surface area contributed by atoms with Crippen molar-refractivity contribution in [1.29, 1.82) is 0 Å². The summed E-state index contributed by atoms with van der Waals surface area (Å²) in [4.78, 5) is 24.0. The number of rotatable bonds is 4. The lowest BCUT2D eigenvalue weighted by Crippen LogP contribution is -2.36. The maximum atomic E-state index is 12.0. The fraction of sp³-hybridized carbons (Fsp3) is 0.176. The van der Waals surface area contributed by atoms with E-state index in [4.69, 9.17) is 4.74 Å². The minimum Gasteiger partial charge on any atom is -0.497 e. The number of anilines is 1. The molecule has 1 atom stereocenters. The molecule has 0 aliphatic heterocycles. The van der Waals surface area contributed by atoms with Gasteiger partial charge in [-0.05, 0) is 52.7 Å². The molecule has 0 aliphatic rings. The first kappa shape index (κ1) is 17.0. The van der Waals surface area contributed by atoms with Gasteiger partial charge in [0.2, 0.25) is 0 Å². The number of benzene rings is 2. The van der Waals surface area contributed by atoms with Crippen LogP contribution in [0.5, 0.6) is 5.75 Å². The lowest BCUT2D eigenvalue weighted by molar-refractivity contribution is -0.136. The van der Waals surface area contributed by atoms with Crippen LogP contribution in [0, 0.1) is 0 Å². The smallest absolute Gasteiger partial charge is 0.313 e. The van der Waals surface area contributed by atoms with E-state index in [0.717, 1.165) is 11.3 Å². The van der Waals surface area contributed by atoms with Gasteiger partial charge >= 0.3 is 11.8 Å². The third kappa shape index (κ3) is 4.56. The summed E-state index contributed by atoms with van der Waals surface area (Å²) >= 11 is 3.32. The maximum absolute atomic E-state index is 12.0. The quantitative estimate of drug-likeness (QED) is 0.804. The molecule has 2 rings (SSSR count). The monoisotopic (exact) mass is 376 g/mol. The standard InChI is InChI=1S/C17H17BrN2O3/c1-11(12-7-9-13(23-2)10-8-12)19-16(21)17(22)20-15-6-4-3-5-14(15)18/h3-11H,1-2H3,(H,19,21)(H,20,22). The second-order valence-electron chi connectivity index (χ2n) is 4.90. The minimum atomic E-state index is -0.711. The third-order valence-electron chi connectivity index (χ3n) is 3.29. The molecule has 5 nitrogen and oxygen atoms in total. The van der Waals surface area contributed by atoms with Gasteiger partial charge in [-0.15, -0.1) is 0 Å². The van der Waals surface area contributed by atoms with Gasteiger partial charge in [0.1, 0.15) is 5.75 Å². The van der Waals surface area contributed by atoms with Crippen molar-refractivity contribution >= 4 is 33.4 Å². The molecule has 0 aliphatic carbocycles. The number of nitrogens with one attached hydrogen (secondary N) is 2. The van der Waals surface area contributed by atoms with Crippen LogP contribution in [0.2, 0.25) is 0 Å². The van der Waals surface area contributed by atoms with Gasteiger partial charge < -0.3 is 15.4 Å². The Labute approximate surface area is 143 Å². The van der Waals surface area contributed by atoms with E-state index in [0.29, 0.717) is 10.2 Å². The largest absolute Gasteiger partial charge is 0.497 e. The predicted octanol–water partition coefficient (Wildman–Crippen LogP) is 3.27. The summed E-state index contributed by atoms with van der Waals surface area (Å²) < 4.78 is 5.80. The predicted molar refractivity (Wildman–Crippen MR) is 92.3 cm³/mol. The van der Waals surface area contributed by atoms with Gasteiger partial charge in [0.05, 0.1) is 18.8 Å². The Morgan fingerprint density at radius 1 is 1.04 bits per heavy atom. The van der Waals surface area contributed by atoms with Crippen LogP contribution in [0.15, 0.2) is 53.0 Å². The number of halogens is 1. The zero-order valence-electron chi connectivity index (χ0n) is 12.8. The second-order valence-corrected chi connectivity index (χ2v) is 5.76. The molecule has 23 heavy (non-hydrogen) atoms. The molecule has 2 amide bonds. The molecule has 2 N–H and O–H groups in total. The van der Waals surface area contributed by atoms with E-state index in [-0.39, 0.29) is 6.04 Å². The van der Waals surface area contributed by atoms with Crippen LogP contribution < -0.4 is 15.4 Å². The molecule has 0 saturated carbocycles. The highest BCUT2D eigenvalue weighted by molar-refractivity contribution is 9.10. The normalized spacial score (nSPS) is 11.4. The number of carbonyl (C=O) groups excluding carboxylic acids is 2. The molecule has 2 aromatic rings. The molecule has 0 spiro atoms. The second kappa shape index (κ2) is 7.78. The number of ether oxygens (including phenoxy) is 1. The third-order valence-corrected chi connectivity index (χ3v) is 3.98. The Morgan fingerprint density at radius 3 is 2.30 bits per heavy atom. The summed E-state index contributed by atoms with van der Waals surface area (Å²) in [5.41, 5.74) is 1.43. The number of carbonyl (C=O) groups is 2. The van der Waals surface area contributed by atoms with E-state index < -0.39 is 11.8 Å². The average molecular weight is 377 g/mol. The Bertz CT molecular complexity index is 701. The van der Waals surface area contributed by atoms with E-state index in [1.54, 1.807) is 37.4 Å². The van der Waals surface area contributed by atoms with Crippen LogP contribution in [0.3, 0.4) is 0 Å². The van der Waals surface area contributed by atoms with E-state index in [1.807, 2.05) is 25.1 Å². The van der Waals surface area contributed by atoms with Crippen molar-refractivity contribution in [3.05, 3.63) is 58.6 Å². The van der Waals surface area contributed by atoms with Crippen LogP contribution >= 0.6 is 15.9 Å². The van der Waals surface area contributed by atoms with Crippen molar-refractivity contribution in [2.24, 2.45) is 0 Å². The fourth-order valence-electron chi connectivity index (χ4n) is 1.98. The first-order valence-corrected chi connectivity index (χ1v) is 7.81. The van der Waals surface area contributed by atoms with Crippen molar-refractivity contribution in [2.75, 3.05) is 12.4 Å². The minimum absolute atomic E-state index is 0.293. The van der Waals surface area contributed by atoms with Gasteiger partial charge in [-0.1, -0.05) is 24.3 Å². The molecule has 0 bridgehead atoms. The summed E-state index contributed by atoms with van der Waals surface area (Å²) in [7, 11) is 1.59. The molecule has 1 unspecified atom stereocenters. The van der Waals surface area contributed by atoms with Gasteiger partial charge in [0.25, 0.3) is 0 Å². The first-order valence-electron chi connectivity index (χ1n) is 7.01. The van der Waals surface area contributed by atoms with Gasteiger partial charge in [-0.25, -0.2) is 0 Å². The van der Waals surface area contributed by atoms with E-state index >= 15 is 0 Å². The molecular weight excluding hydrogens is 360 g/mol. The summed E-state index contributed by atoms with van der Waals surface area (Å²) in [6, 6.07) is 14.1. The molecule has 0 heterocycles. The maximum Gasteiger partial charge on any atom is 0.313 e. The van der Waals surface area contributed by atoms with Crippen molar-refractivity contribution in [3.8, 4) is 5.75 Å². The molecular formula is C17H17BrN2O3. The molecule has 0 saturated heterocycles. The van der Waals surface area contributed by atoms with Crippen molar-refractivity contribution in [1.82, 2.24) is 5.32 Å². The van der Waals surface area contributed by atoms with Crippen LogP contribution in [-0.2, 0) is 9.59 Å². The van der Waals surface area contributed by atoms with Crippen molar-refractivity contribution < 1.29 is 14.3 Å². The average Bonchev–Trinajstić information content (AvgIpc) is 2.56. The van der Waals surface area contributed by atoms with E-state index in [1.165, 1.54) is 0 Å². The van der Waals surface area contributed by atoms with Gasteiger partial charge in [0, 0.05) is 4.47 Å².